The van der Waals surface area contributed by atoms with E-state index in [-0.39, 0.29) is 22.6 Å². The molecule has 3 heteroatoms. The number of ketones is 2. The molecule has 17 heavy (non-hydrogen) atoms. The first kappa shape index (κ1) is 12.2. The van der Waals surface area contributed by atoms with Gasteiger partial charge >= 0.3 is 0 Å². The lowest BCUT2D eigenvalue weighted by Gasteiger charge is -2.44. The highest BCUT2D eigenvalue weighted by molar-refractivity contribution is 6.24. The molecule has 1 fully saturated rings. The van der Waals surface area contributed by atoms with Gasteiger partial charge < -0.3 is 5.11 Å². The molecule has 0 aromatic carbocycles. The maximum absolute atomic E-state index is 11.8. The summed E-state index contributed by atoms with van der Waals surface area (Å²) in [6.45, 7) is 5.51. The minimum atomic E-state index is -0.551. The van der Waals surface area contributed by atoms with Crippen molar-refractivity contribution in [2.45, 2.75) is 39.7 Å². The molecule has 1 saturated carbocycles. The van der Waals surface area contributed by atoms with E-state index in [1.807, 2.05) is 6.92 Å². The zero-order valence-corrected chi connectivity index (χ0v) is 10.5. The second kappa shape index (κ2) is 3.91. The third-order valence-corrected chi connectivity index (χ3v) is 4.25. The number of aliphatic hydroxyl groups excluding tert-OH is 1. The van der Waals surface area contributed by atoms with Crippen LogP contribution in [0.5, 0.6) is 0 Å². The molecule has 2 rings (SSSR count). The van der Waals surface area contributed by atoms with Crippen molar-refractivity contribution >= 4 is 11.6 Å². The van der Waals surface area contributed by atoms with Crippen molar-refractivity contribution in [1.29, 1.82) is 0 Å². The molecule has 0 amide bonds. The van der Waals surface area contributed by atoms with E-state index >= 15 is 0 Å². The second-order valence-electron chi connectivity index (χ2n) is 5.36. The molecule has 1 N–H and O–H groups in total. The lowest BCUT2D eigenvalue weighted by atomic mass is 9.61. The first-order valence-corrected chi connectivity index (χ1v) is 6.04. The van der Waals surface area contributed by atoms with Crippen LogP contribution in [0.4, 0.5) is 0 Å². The fraction of sp³-hybridized carbons (Fsp3) is 0.571. The number of carbonyl (C=O) groups excluding carboxylic acids is 2. The average Bonchev–Trinajstić information content (AvgIpc) is 2.26. The highest BCUT2D eigenvalue weighted by atomic mass is 16.3. The van der Waals surface area contributed by atoms with Crippen molar-refractivity contribution in [3.8, 4) is 0 Å². The number of carbonyl (C=O) groups is 2. The predicted octanol–water partition coefficient (Wildman–Crippen LogP) is 1.81. The summed E-state index contributed by atoms with van der Waals surface area (Å²) in [5.41, 5.74) is 0.676. The van der Waals surface area contributed by atoms with Crippen LogP contribution in [-0.4, -0.2) is 22.8 Å². The molecular formula is C14H18O3. The van der Waals surface area contributed by atoms with Gasteiger partial charge in [-0.15, -0.1) is 0 Å². The third kappa shape index (κ3) is 1.78. The summed E-state index contributed by atoms with van der Waals surface area (Å²) in [5.74, 6) is -0.128. The van der Waals surface area contributed by atoms with Gasteiger partial charge in [0.15, 0.2) is 11.6 Å². The Morgan fingerprint density at radius 1 is 1.47 bits per heavy atom. The number of hydrogen-bond acceptors (Lipinski definition) is 3. The van der Waals surface area contributed by atoms with E-state index in [0.717, 1.165) is 12.0 Å². The Hall–Kier alpha value is -1.22. The summed E-state index contributed by atoms with van der Waals surface area (Å²) < 4.78 is 0. The molecule has 0 saturated heterocycles. The molecule has 92 valence electrons. The lowest BCUT2D eigenvalue weighted by Crippen LogP contribution is -2.40. The van der Waals surface area contributed by atoms with Gasteiger partial charge in [-0.05, 0) is 37.3 Å². The van der Waals surface area contributed by atoms with Crippen molar-refractivity contribution in [3.63, 3.8) is 0 Å². The predicted molar refractivity (Wildman–Crippen MR) is 64.4 cm³/mol. The van der Waals surface area contributed by atoms with Crippen LogP contribution in [0.1, 0.15) is 33.6 Å². The van der Waals surface area contributed by atoms with Gasteiger partial charge in [0.05, 0.1) is 11.7 Å². The molecule has 0 heterocycles. The van der Waals surface area contributed by atoms with Gasteiger partial charge in [-0.2, -0.15) is 0 Å². The van der Waals surface area contributed by atoms with Gasteiger partial charge in [-0.3, -0.25) is 9.59 Å². The van der Waals surface area contributed by atoms with Crippen molar-refractivity contribution in [2.75, 3.05) is 0 Å². The van der Waals surface area contributed by atoms with Crippen LogP contribution in [0.2, 0.25) is 0 Å². The Balaban J connectivity index is 2.52. The van der Waals surface area contributed by atoms with Crippen molar-refractivity contribution in [2.24, 2.45) is 11.3 Å². The maximum atomic E-state index is 11.8. The minimum absolute atomic E-state index is 0.196. The van der Waals surface area contributed by atoms with Gasteiger partial charge in [-0.25, -0.2) is 0 Å². The molecule has 0 aromatic rings. The minimum Gasteiger partial charge on any atom is -0.389 e. The smallest absolute Gasteiger partial charge is 0.189 e. The first-order chi connectivity index (χ1) is 7.86. The second-order valence-corrected chi connectivity index (χ2v) is 5.36. The number of Topliss-reactive ketones (excluding diaryl/α,β-unsaturated/α-hetero) is 1. The Labute approximate surface area is 101 Å². The number of rotatable bonds is 1. The molecule has 3 unspecified atom stereocenters. The van der Waals surface area contributed by atoms with E-state index in [0.29, 0.717) is 12.3 Å². The summed E-state index contributed by atoms with van der Waals surface area (Å²) in [7, 11) is 0. The van der Waals surface area contributed by atoms with E-state index in [1.54, 1.807) is 6.08 Å². The standard InChI is InChI=1S/C14H18O3/c1-8-4-5-12(16)11-6-13(17)10(9(2)15)7-14(8,11)3/h6-8,12,16H,4-5H2,1-3H3. The summed E-state index contributed by atoms with van der Waals surface area (Å²) >= 11 is 0. The Kier molecular flexibility index (Phi) is 2.82. The highest BCUT2D eigenvalue weighted by Crippen LogP contribution is 2.48. The van der Waals surface area contributed by atoms with Gasteiger partial charge in [0.1, 0.15) is 0 Å². The van der Waals surface area contributed by atoms with E-state index in [1.165, 1.54) is 13.0 Å². The zero-order chi connectivity index (χ0) is 12.8. The van der Waals surface area contributed by atoms with Crippen LogP contribution < -0.4 is 0 Å². The zero-order valence-electron chi connectivity index (χ0n) is 10.5. The third-order valence-electron chi connectivity index (χ3n) is 4.25. The molecule has 0 aromatic heterocycles. The Morgan fingerprint density at radius 3 is 2.71 bits per heavy atom. The van der Waals surface area contributed by atoms with Crippen molar-refractivity contribution in [3.05, 3.63) is 23.3 Å². The summed E-state index contributed by atoms with van der Waals surface area (Å²) in [5, 5.41) is 10.00. The van der Waals surface area contributed by atoms with Gasteiger partial charge in [0, 0.05) is 5.41 Å². The molecule has 0 bridgehead atoms. The normalized spacial score (nSPS) is 37.1. The molecule has 0 aliphatic heterocycles. The molecular weight excluding hydrogens is 216 g/mol. The van der Waals surface area contributed by atoms with Crippen LogP contribution in [0, 0.1) is 11.3 Å². The fourth-order valence-electron chi connectivity index (χ4n) is 2.85. The topological polar surface area (TPSA) is 54.4 Å². The first-order valence-electron chi connectivity index (χ1n) is 6.04. The molecule has 2 aliphatic carbocycles. The molecule has 2 aliphatic rings. The number of fused-ring (bicyclic) bond motifs is 1. The van der Waals surface area contributed by atoms with Crippen LogP contribution in [0.3, 0.4) is 0 Å². The Morgan fingerprint density at radius 2 is 2.12 bits per heavy atom. The summed E-state index contributed by atoms with van der Waals surface area (Å²) in [6.07, 6.45) is 4.28. The molecule has 3 atom stereocenters. The van der Waals surface area contributed by atoms with Gasteiger partial charge in [0.25, 0.3) is 0 Å². The van der Waals surface area contributed by atoms with Gasteiger partial charge in [0.2, 0.25) is 0 Å². The molecule has 3 nitrogen and oxygen atoms in total. The summed E-state index contributed by atoms with van der Waals surface area (Å²) in [6, 6.07) is 0. The van der Waals surface area contributed by atoms with E-state index in [9.17, 15) is 14.7 Å². The maximum Gasteiger partial charge on any atom is 0.189 e. The van der Waals surface area contributed by atoms with Crippen LogP contribution in [-0.2, 0) is 9.59 Å². The van der Waals surface area contributed by atoms with E-state index in [4.69, 9.17) is 0 Å². The molecule has 0 spiro atoms. The van der Waals surface area contributed by atoms with Crippen LogP contribution >= 0.6 is 0 Å². The fourth-order valence-corrected chi connectivity index (χ4v) is 2.85. The number of hydrogen-bond donors (Lipinski definition) is 1. The largest absolute Gasteiger partial charge is 0.389 e. The van der Waals surface area contributed by atoms with Crippen molar-refractivity contribution in [1.82, 2.24) is 0 Å². The van der Waals surface area contributed by atoms with Crippen molar-refractivity contribution < 1.29 is 14.7 Å². The average molecular weight is 234 g/mol. The highest BCUT2D eigenvalue weighted by Gasteiger charge is 2.43. The van der Waals surface area contributed by atoms with Gasteiger partial charge in [-0.1, -0.05) is 19.9 Å². The monoisotopic (exact) mass is 234 g/mol. The summed E-state index contributed by atoms with van der Waals surface area (Å²) in [4.78, 5) is 23.2. The van der Waals surface area contributed by atoms with Crippen LogP contribution in [0.25, 0.3) is 0 Å². The molecule has 0 radical (unpaired) electrons. The van der Waals surface area contributed by atoms with E-state index < -0.39 is 6.10 Å². The Bertz CT molecular complexity index is 444. The number of aliphatic hydroxyl groups is 1. The van der Waals surface area contributed by atoms with Crippen LogP contribution in [0.15, 0.2) is 23.3 Å². The SMILES string of the molecule is CC(=O)C1=CC2(C)C(=CC1=O)C(O)CCC2C. The quantitative estimate of drug-likeness (QED) is 0.704. The van der Waals surface area contributed by atoms with E-state index in [2.05, 4.69) is 6.92 Å². The lowest BCUT2D eigenvalue weighted by molar-refractivity contribution is -0.118. The number of allylic oxidation sites excluding steroid dienone is 3.